The first-order valence-electron chi connectivity index (χ1n) is 13.7. The summed E-state index contributed by atoms with van der Waals surface area (Å²) in [5, 5.41) is 8.26. The Hall–Kier alpha value is -5.13. The van der Waals surface area contributed by atoms with Gasteiger partial charge in [0.2, 0.25) is 5.91 Å². The summed E-state index contributed by atoms with van der Waals surface area (Å²) < 4.78 is 31.6. The summed E-state index contributed by atoms with van der Waals surface area (Å²) in [5.41, 5.74) is 1.13. The van der Waals surface area contributed by atoms with Gasteiger partial charge in [0.25, 0.3) is 17.7 Å². The molecular formula is C31H31FN4O7. The highest BCUT2D eigenvalue weighted by molar-refractivity contribution is 5.97. The number of amides is 4. The Morgan fingerprint density at radius 1 is 1.09 bits per heavy atom. The molecule has 5 rings (SSSR count). The normalized spacial score (nSPS) is 18.6. The van der Waals surface area contributed by atoms with Crippen molar-refractivity contribution in [2.24, 2.45) is 0 Å². The van der Waals surface area contributed by atoms with Gasteiger partial charge in [-0.05, 0) is 48.0 Å². The minimum Gasteiger partial charge on any atom is -0.493 e. The molecule has 4 amide bonds. The van der Waals surface area contributed by atoms with E-state index in [-0.39, 0.29) is 61.7 Å². The fourth-order valence-corrected chi connectivity index (χ4v) is 4.94. The van der Waals surface area contributed by atoms with E-state index < -0.39 is 29.8 Å². The molecule has 11 nitrogen and oxygen atoms in total. The first kappa shape index (κ1) is 29.4. The maximum Gasteiger partial charge on any atom is 0.258 e. The van der Waals surface area contributed by atoms with E-state index in [4.69, 9.17) is 14.2 Å². The van der Waals surface area contributed by atoms with Crippen molar-refractivity contribution in [3.8, 4) is 17.2 Å². The molecule has 224 valence electrons. The zero-order valence-corrected chi connectivity index (χ0v) is 23.4. The van der Waals surface area contributed by atoms with Crippen LogP contribution in [0.2, 0.25) is 0 Å². The van der Waals surface area contributed by atoms with E-state index in [1.807, 2.05) is 0 Å². The number of ether oxygens (including phenoxy) is 3. The van der Waals surface area contributed by atoms with Crippen molar-refractivity contribution in [3.05, 3.63) is 89.2 Å². The van der Waals surface area contributed by atoms with Crippen LogP contribution in [0.1, 0.15) is 32.7 Å². The van der Waals surface area contributed by atoms with Gasteiger partial charge in [-0.25, -0.2) is 4.39 Å². The Bertz CT molecular complexity index is 1520. The van der Waals surface area contributed by atoms with Gasteiger partial charge in [0.1, 0.15) is 17.7 Å². The van der Waals surface area contributed by atoms with Gasteiger partial charge >= 0.3 is 0 Å². The van der Waals surface area contributed by atoms with Crippen molar-refractivity contribution in [1.29, 1.82) is 0 Å². The molecule has 0 aromatic heterocycles. The largest absolute Gasteiger partial charge is 0.493 e. The molecule has 2 heterocycles. The van der Waals surface area contributed by atoms with E-state index >= 15 is 0 Å². The van der Waals surface area contributed by atoms with Crippen molar-refractivity contribution >= 4 is 23.6 Å². The molecule has 0 saturated carbocycles. The van der Waals surface area contributed by atoms with Crippen LogP contribution in [0.3, 0.4) is 0 Å². The van der Waals surface area contributed by atoms with Crippen LogP contribution in [0.4, 0.5) is 4.39 Å². The third kappa shape index (κ3) is 7.39. The zero-order chi connectivity index (χ0) is 30.3. The first-order chi connectivity index (χ1) is 20.8. The molecule has 0 spiro atoms. The summed E-state index contributed by atoms with van der Waals surface area (Å²) in [7, 11) is 1.44. The van der Waals surface area contributed by atoms with Crippen LogP contribution in [0.15, 0.2) is 66.7 Å². The topological polar surface area (TPSA) is 135 Å². The van der Waals surface area contributed by atoms with Gasteiger partial charge in [0, 0.05) is 43.2 Å². The summed E-state index contributed by atoms with van der Waals surface area (Å²) in [6, 6.07) is 16.6. The number of carbonyl (C=O) groups is 4. The molecule has 1 fully saturated rings. The van der Waals surface area contributed by atoms with Crippen LogP contribution in [0, 0.1) is 5.82 Å². The highest BCUT2D eigenvalue weighted by Crippen LogP contribution is 2.29. The average molecular weight is 591 g/mol. The Morgan fingerprint density at radius 3 is 2.70 bits per heavy atom. The van der Waals surface area contributed by atoms with E-state index in [2.05, 4.69) is 16.0 Å². The molecule has 2 atom stereocenters. The van der Waals surface area contributed by atoms with Crippen LogP contribution in [-0.2, 0) is 16.1 Å². The molecule has 2 aliphatic heterocycles. The Balaban J connectivity index is 1.37. The number of nitrogens with zero attached hydrogens (tertiary/aromatic N) is 1. The summed E-state index contributed by atoms with van der Waals surface area (Å²) >= 11 is 0. The Morgan fingerprint density at radius 2 is 1.91 bits per heavy atom. The monoisotopic (exact) mass is 590 g/mol. The van der Waals surface area contributed by atoms with Gasteiger partial charge in [-0.1, -0.05) is 18.2 Å². The minimum absolute atomic E-state index is 0.0370. The summed E-state index contributed by atoms with van der Waals surface area (Å²) in [5.74, 6) is -1.45. The first-order valence-corrected chi connectivity index (χ1v) is 13.7. The van der Waals surface area contributed by atoms with Crippen molar-refractivity contribution in [2.75, 3.05) is 33.4 Å². The number of carbonyl (C=O) groups excluding carboxylic acids is 4. The predicted molar refractivity (Wildman–Crippen MR) is 152 cm³/mol. The van der Waals surface area contributed by atoms with E-state index in [0.717, 1.165) is 0 Å². The van der Waals surface area contributed by atoms with Gasteiger partial charge in [0.15, 0.2) is 18.1 Å². The van der Waals surface area contributed by atoms with Crippen LogP contribution in [0.25, 0.3) is 0 Å². The van der Waals surface area contributed by atoms with Crippen LogP contribution >= 0.6 is 0 Å². The molecule has 43 heavy (non-hydrogen) atoms. The van der Waals surface area contributed by atoms with Crippen molar-refractivity contribution in [1.82, 2.24) is 20.9 Å². The highest BCUT2D eigenvalue weighted by atomic mass is 19.1. The molecule has 0 radical (unpaired) electrons. The van der Waals surface area contributed by atoms with E-state index in [0.29, 0.717) is 23.3 Å². The molecule has 1 saturated heterocycles. The van der Waals surface area contributed by atoms with Crippen LogP contribution in [0.5, 0.6) is 17.2 Å². The number of hydrogen-bond acceptors (Lipinski definition) is 7. The van der Waals surface area contributed by atoms with Crippen molar-refractivity contribution in [2.45, 2.75) is 25.1 Å². The molecule has 4 bridgehead atoms. The smallest absolute Gasteiger partial charge is 0.258 e. The molecule has 3 N–H and O–H groups in total. The standard InChI is InChI=1S/C31H31FN4O7/c1-41-26-8-7-21-13-27(26)42-18-28(37)33-15-19-11-22(32)14-23(12-19)43-25-9-10-36(17-24(25)35-31(21)40)29(38)16-34-30(39)20-5-3-2-4-6-20/h2-8,11-14,24-25H,9-10,15-18H2,1H3,(H,33,37)(H,34,39)(H,35,40)/t24-,25+/m0/s1. The zero-order valence-electron chi connectivity index (χ0n) is 23.4. The van der Waals surface area contributed by atoms with Crippen molar-refractivity contribution in [3.63, 3.8) is 0 Å². The van der Waals surface area contributed by atoms with E-state index in [1.54, 1.807) is 53.4 Å². The average Bonchev–Trinajstić information content (AvgIpc) is 3.01. The number of hydrogen-bond donors (Lipinski definition) is 3. The van der Waals surface area contributed by atoms with Crippen LogP contribution < -0.4 is 30.2 Å². The van der Waals surface area contributed by atoms with Crippen molar-refractivity contribution < 1.29 is 37.8 Å². The lowest BCUT2D eigenvalue weighted by molar-refractivity contribution is -0.132. The molecular weight excluding hydrogens is 559 g/mol. The Labute approximate surface area is 247 Å². The number of likely N-dealkylation sites (tertiary alicyclic amines) is 1. The molecule has 0 aliphatic carbocycles. The minimum atomic E-state index is -0.680. The summed E-state index contributed by atoms with van der Waals surface area (Å²) in [6.45, 7) is -0.167. The number of piperidine rings is 1. The van der Waals surface area contributed by atoms with E-state index in [9.17, 15) is 23.6 Å². The summed E-state index contributed by atoms with van der Waals surface area (Å²) in [6.07, 6.45) is -0.291. The molecule has 12 heteroatoms. The number of methoxy groups -OCH3 is 1. The van der Waals surface area contributed by atoms with Gasteiger partial charge < -0.3 is 35.1 Å². The fourth-order valence-electron chi connectivity index (χ4n) is 4.94. The molecule has 2 aliphatic rings. The SMILES string of the molecule is COc1ccc2cc1OCC(=O)NCc1cc(F)cc(c1)O[C@@H]1CCN(C(=O)CNC(=O)c3ccccc3)C[C@@H]1NC2=O. The molecule has 0 unspecified atom stereocenters. The third-order valence-corrected chi connectivity index (χ3v) is 7.15. The number of fused-ring (bicyclic) bond motifs is 5. The third-order valence-electron chi connectivity index (χ3n) is 7.15. The van der Waals surface area contributed by atoms with Gasteiger partial charge in [-0.15, -0.1) is 0 Å². The lowest BCUT2D eigenvalue weighted by Gasteiger charge is -2.39. The fraction of sp³-hybridized carbons (Fsp3) is 0.290. The molecule has 3 aromatic carbocycles. The lowest BCUT2D eigenvalue weighted by atomic mass is 10.0. The number of halogens is 1. The number of rotatable bonds is 4. The predicted octanol–water partition coefficient (Wildman–Crippen LogP) is 2.05. The van der Waals surface area contributed by atoms with Gasteiger partial charge in [0.05, 0.1) is 19.7 Å². The molecule has 3 aromatic rings. The van der Waals surface area contributed by atoms with Gasteiger partial charge in [-0.3, -0.25) is 19.2 Å². The second kappa shape index (κ2) is 13.2. The quantitative estimate of drug-likeness (QED) is 0.423. The lowest BCUT2D eigenvalue weighted by Crippen LogP contribution is -2.59. The van der Waals surface area contributed by atoms with E-state index in [1.165, 1.54) is 25.3 Å². The second-order valence-corrected chi connectivity index (χ2v) is 10.1. The maximum absolute atomic E-state index is 14.5. The maximum atomic E-state index is 14.5. The number of benzene rings is 3. The van der Waals surface area contributed by atoms with Gasteiger partial charge in [-0.2, -0.15) is 0 Å². The van der Waals surface area contributed by atoms with Crippen LogP contribution in [-0.4, -0.2) is 74.0 Å². The highest BCUT2D eigenvalue weighted by Gasteiger charge is 2.35. The second-order valence-electron chi connectivity index (χ2n) is 10.1. The number of nitrogens with one attached hydrogen (secondary N) is 3. The summed E-state index contributed by atoms with van der Waals surface area (Å²) in [4.78, 5) is 52.9. The Kier molecular flexibility index (Phi) is 9.04.